The molecule has 0 spiro atoms. The van der Waals surface area contributed by atoms with Gasteiger partial charge in [0, 0.05) is 5.02 Å². The third-order valence-corrected chi connectivity index (χ3v) is 4.28. The summed E-state index contributed by atoms with van der Waals surface area (Å²) in [4.78, 5) is 24.0. The van der Waals surface area contributed by atoms with Crippen LogP contribution in [0.3, 0.4) is 0 Å². The standard InChI is InChI=1S/C20H20ClNO5/c1-13(15-3-2-4-16(21)11-15)22-19(23)12-27-20(24)10-14-5-6-17-18(9-14)26-8-7-25-17/h2-6,9,11,13H,7-8,10,12H2,1H3,(H,22,23)/t13-/m0/s1. The van der Waals surface area contributed by atoms with Crippen molar-refractivity contribution in [3.8, 4) is 11.5 Å². The number of nitrogens with one attached hydrogen (secondary N) is 1. The maximum atomic E-state index is 12.0. The van der Waals surface area contributed by atoms with Crippen LogP contribution >= 0.6 is 11.6 Å². The molecule has 7 heteroatoms. The van der Waals surface area contributed by atoms with Gasteiger partial charge in [-0.1, -0.05) is 29.8 Å². The van der Waals surface area contributed by atoms with Gasteiger partial charge in [0.15, 0.2) is 18.1 Å². The molecule has 27 heavy (non-hydrogen) atoms. The molecular weight excluding hydrogens is 370 g/mol. The van der Waals surface area contributed by atoms with Gasteiger partial charge in [0.25, 0.3) is 5.91 Å². The van der Waals surface area contributed by atoms with Gasteiger partial charge >= 0.3 is 5.97 Å². The molecule has 0 fully saturated rings. The molecule has 0 saturated heterocycles. The second-order valence-electron chi connectivity index (χ2n) is 6.16. The number of hydrogen-bond donors (Lipinski definition) is 1. The van der Waals surface area contributed by atoms with Gasteiger partial charge in [-0.2, -0.15) is 0 Å². The van der Waals surface area contributed by atoms with E-state index in [1.165, 1.54) is 0 Å². The number of carbonyl (C=O) groups is 2. The van der Waals surface area contributed by atoms with Crippen molar-refractivity contribution in [1.82, 2.24) is 5.32 Å². The molecular formula is C20H20ClNO5. The van der Waals surface area contributed by atoms with Crippen LogP contribution in [0.4, 0.5) is 0 Å². The molecule has 1 N–H and O–H groups in total. The van der Waals surface area contributed by atoms with E-state index in [9.17, 15) is 9.59 Å². The molecule has 142 valence electrons. The van der Waals surface area contributed by atoms with Crippen molar-refractivity contribution >= 4 is 23.5 Å². The van der Waals surface area contributed by atoms with Gasteiger partial charge in [-0.15, -0.1) is 0 Å². The molecule has 2 aromatic rings. The van der Waals surface area contributed by atoms with E-state index in [4.69, 9.17) is 25.8 Å². The van der Waals surface area contributed by atoms with Gasteiger partial charge in [-0.25, -0.2) is 0 Å². The molecule has 2 aromatic carbocycles. The minimum absolute atomic E-state index is 0.0494. The van der Waals surface area contributed by atoms with Crippen LogP contribution < -0.4 is 14.8 Å². The smallest absolute Gasteiger partial charge is 0.310 e. The highest BCUT2D eigenvalue weighted by atomic mass is 35.5. The topological polar surface area (TPSA) is 73.9 Å². The van der Waals surface area contributed by atoms with E-state index < -0.39 is 5.97 Å². The Balaban J connectivity index is 1.46. The molecule has 0 saturated carbocycles. The van der Waals surface area contributed by atoms with Gasteiger partial charge in [0.1, 0.15) is 13.2 Å². The average Bonchev–Trinajstić information content (AvgIpc) is 2.66. The van der Waals surface area contributed by atoms with Gasteiger partial charge in [0.05, 0.1) is 12.5 Å². The number of hydrogen-bond acceptors (Lipinski definition) is 5. The van der Waals surface area contributed by atoms with Crippen LogP contribution in [-0.2, 0) is 20.7 Å². The Bertz CT molecular complexity index is 839. The maximum Gasteiger partial charge on any atom is 0.310 e. The normalized spacial score (nSPS) is 13.6. The second-order valence-corrected chi connectivity index (χ2v) is 6.60. The zero-order chi connectivity index (χ0) is 19.2. The number of amides is 1. The van der Waals surface area contributed by atoms with Crippen molar-refractivity contribution in [2.45, 2.75) is 19.4 Å². The first kappa shape index (κ1) is 19.0. The molecule has 0 unspecified atom stereocenters. The molecule has 1 amide bonds. The summed E-state index contributed by atoms with van der Waals surface area (Å²) in [6.45, 7) is 2.48. The Kier molecular flexibility index (Phi) is 6.19. The molecule has 1 heterocycles. The Morgan fingerprint density at radius 3 is 2.70 bits per heavy atom. The number of ether oxygens (including phenoxy) is 3. The summed E-state index contributed by atoms with van der Waals surface area (Å²) < 4.78 is 16.0. The first-order chi connectivity index (χ1) is 13.0. The molecule has 0 bridgehead atoms. The lowest BCUT2D eigenvalue weighted by Crippen LogP contribution is -2.31. The number of esters is 1. The molecule has 3 rings (SSSR count). The summed E-state index contributed by atoms with van der Waals surface area (Å²) in [5, 5.41) is 3.37. The second kappa shape index (κ2) is 8.77. The molecule has 6 nitrogen and oxygen atoms in total. The van der Waals surface area contributed by atoms with E-state index in [0.717, 1.165) is 11.1 Å². The zero-order valence-corrected chi connectivity index (χ0v) is 15.6. The minimum Gasteiger partial charge on any atom is -0.486 e. The highest BCUT2D eigenvalue weighted by Gasteiger charge is 2.15. The highest BCUT2D eigenvalue weighted by molar-refractivity contribution is 6.30. The third-order valence-electron chi connectivity index (χ3n) is 4.05. The van der Waals surface area contributed by atoms with Gasteiger partial charge in [-0.3, -0.25) is 9.59 Å². The molecule has 0 aromatic heterocycles. The quantitative estimate of drug-likeness (QED) is 0.768. The molecule has 1 atom stereocenters. The van der Waals surface area contributed by atoms with Crippen molar-refractivity contribution in [3.05, 3.63) is 58.6 Å². The number of rotatable bonds is 6. The molecule has 0 radical (unpaired) electrons. The first-order valence-corrected chi connectivity index (χ1v) is 8.98. The first-order valence-electron chi connectivity index (χ1n) is 8.60. The number of carbonyl (C=O) groups excluding carboxylic acids is 2. The summed E-state index contributed by atoms with van der Waals surface area (Å²) in [6.07, 6.45) is 0.0494. The van der Waals surface area contributed by atoms with Crippen LogP contribution in [0.5, 0.6) is 11.5 Å². The van der Waals surface area contributed by atoms with Crippen molar-refractivity contribution in [2.24, 2.45) is 0 Å². The van der Waals surface area contributed by atoms with Crippen molar-refractivity contribution in [2.75, 3.05) is 19.8 Å². The fourth-order valence-electron chi connectivity index (χ4n) is 2.70. The van der Waals surface area contributed by atoms with E-state index in [-0.39, 0.29) is 25.0 Å². The van der Waals surface area contributed by atoms with Crippen LogP contribution in [0, 0.1) is 0 Å². The molecule has 0 aliphatic carbocycles. The predicted molar refractivity (Wildman–Crippen MR) is 100 cm³/mol. The Morgan fingerprint density at radius 2 is 1.93 bits per heavy atom. The number of fused-ring (bicyclic) bond motifs is 1. The fraction of sp³-hybridized carbons (Fsp3) is 0.300. The number of halogens is 1. The van der Waals surface area contributed by atoms with Gasteiger partial charge in [0.2, 0.25) is 0 Å². The maximum absolute atomic E-state index is 12.0. The van der Waals surface area contributed by atoms with Gasteiger partial charge in [-0.05, 0) is 42.3 Å². The van der Waals surface area contributed by atoms with Crippen molar-refractivity contribution < 1.29 is 23.8 Å². The lowest BCUT2D eigenvalue weighted by molar-refractivity contribution is -0.148. The fourth-order valence-corrected chi connectivity index (χ4v) is 2.90. The van der Waals surface area contributed by atoms with Crippen LogP contribution in [0.15, 0.2) is 42.5 Å². The summed E-state index contributed by atoms with van der Waals surface area (Å²) >= 11 is 5.95. The van der Waals surface area contributed by atoms with E-state index in [1.54, 1.807) is 30.3 Å². The van der Waals surface area contributed by atoms with Crippen LogP contribution in [0.25, 0.3) is 0 Å². The Hall–Kier alpha value is -2.73. The van der Waals surface area contributed by atoms with Gasteiger partial charge < -0.3 is 19.5 Å². The van der Waals surface area contributed by atoms with E-state index in [1.807, 2.05) is 19.1 Å². The van der Waals surface area contributed by atoms with Crippen molar-refractivity contribution in [3.63, 3.8) is 0 Å². The Labute approximate surface area is 162 Å². The average molecular weight is 390 g/mol. The molecule has 1 aliphatic heterocycles. The zero-order valence-electron chi connectivity index (χ0n) is 14.9. The minimum atomic E-state index is -0.489. The van der Waals surface area contributed by atoms with E-state index >= 15 is 0 Å². The number of benzene rings is 2. The summed E-state index contributed by atoms with van der Waals surface area (Å²) in [5.41, 5.74) is 1.61. The lowest BCUT2D eigenvalue weighted by Gasteiger charge is -2.18. The van der Waals surface area contributed by atoms with Crippen LogP contribution in [0.1, 0.15) is 24.1 Å². The Morgan fingerprint density at radius 1 is 1.15 bits per heavy atom. The SMILES string of the molecule is C[C@H](NC(=O)COC(=O)Cc1ccc2c(c1)OCCO2)c1cccc(Cl)c1. The highest BCUT2D eigenvalue weighted by Crippen LogP contribution is 2.30. The van der Waals surface area contributed by atoms with E-state index in [0.29, 0.717) is 29.7 Å². The predicted octanol–water partition coefficient (Wildman–Crippen LogP) is 3.07. The van der Waals surface area contributed by atoms with Crippen LogP contribution in [0.2, 0.25) is 5.02 Å². The van der Waals surface area contributed by atoms with E-state index in [2.05, 4.69) is 5.32 Å². The van der Waals surface area contributed by atoms with Crippen LogP contribution in [-0.4, -0.2) is 31.7 Å². The summed E-state index contributed by atoms with van der Waals surface area (Å²) in [7, 11) is 0. The third kappa shape index (κ3) is 5.37. The summed E-state index contributed by atoms with van der Waals surface area (Å²) in [6, 6.07) is 12.3. The lowest BCUT2D eigenvalue weighted by atomic mass is 10.1. The monoisotopic (exact) mass is 389 g/mol. The largest absolute Gasteiger partial charge is 0.486 e. The van der Waals surface area contributed by atoms with Crippen molar-refractivity contribution in [1.29, 1.82) is 0 Å². The molecule has 1 aliphatic rings. The summed E-state index contributed by atoms with van der Waals surface area (Å²) in [5.74, 6) is 0.405.